The molecular weight excluding hydrogens is 308 g/mol. The van der Waals surface area contributed by atoms with Gasteiger partial charge in [0.1, 0.15) is 12.4 Å². The van der Waals surface area contributed by atoms with Gasteiger partial charge >= 0.3 is 0 Å². The maximum atomic E-state index is 13.0. The lowest BCUT2D eigenvalue weighted by molar-refractivity contribution is -0.153. The molecule has 2 aliphatic rings. The van der Waals surface area contributed by atoms with Gasteiger partial charge in [0, 0.05) is 13.6 Å². The molecule has 1 aromatic heterocycles. The van der Waals surface area contributed by atoms with Gasteiger partial charge in [0.25, 0.3) is 5.91 Å². The standard InChI is InChI=1S/C17H20N4O3/c1-20-11-18-19-16(20)14-10-21(7-9-23-14)17(22)15-13-5-3-2-4-12(13)6-8-24-15/h2-5,11,14-15H,6-10H2,1H3/t14-,15+/m0/s1. The van der Waals surface area contributed by atoms with Crippen molar-refractivity contribution in [2.75, 3.05) is 26.3 Å². The summed E-state index contributed by atoms with van der Waals surface area (Å²) in [6.45, 7) is 2.09. The lowest BCUT2D eigenvalue weighted by Crippen LogP contribution is -2.46. The average molecular weight is 328 g/mol. The van der Waals surface area contributed by atoms with Gasteiger partial charge in [-0.2, -0.15) is 0 Å². The third kappa shape index (κ3) is 2.70. The van der Waals surface area contributed by atoms with Gasteiger partial charge in [-0.3, -0.25) is 4.79 Å². The van der Waals surface area contributed by atoms with E-state index in [2.05, 4.69) is 16.3 Å². The smallest absolute Gasteiger partial charge is 0.256 e. The predicted molar refractivity (Wildman–Crippen MR) is 85.1 cm³/mol. The van der Waals surface area contributed by atoms with Crippen LogP contribution in [0, 0.1) is 0 Å². The molecule has 2 aromatic rings. The van der Waals surface area contributed by atoms with Gasteiger partial charge < -0.3 is 18.9 Å². The van der Waals surface area contributed by atoms with Crippen molar-refractivity contribution in [1.29, 1.82) is 0 Å². The third-order valence-electron chi connectivity index (χ3n) is 4.63. The monoisotopic (exact) mass is 328 g/mol. The number of carbonyl (C=O) groups is 1. The van der Waals surface area contributed by atoms with Crippen LogP contribution in [0.4, 0.5) is 0 Å². The Bertz CT molecular complexity index is 745. The minimum Gasteiger partial charge on any atom is -0.366 e. The highest BCUT2D eigenvalue weighted by atomic mass is 16.5. The van der Waals surface area contributed by atoms with Crippen molar-refractivity contribution in [3.05, 3.63) is 47.5 Å². The van der Waals surface area contributed by atoms with Crippen LogP contribution in [0.3, 0.4) is 0 Å². The number of hydrogen-bond acceptors (Lipinski definition) is 5. The molecule has 0 unspecified atom stereocenters. The summed E-state index contributed by atoms with van der Waals surface area (Å²) < 4.78 is 13.4. The Morgan fingerprint density at radius 3 is 2.96 bits per heavy atom. The Hall–Kier alpha value is -2.25. The lowest BCUT2D eigenvalue weighted by atomic mass is 9.96. The SMILES string of the molecule is Cn1cnnc1[C@@H]1CN(C(=O)[C@@H]2OCCc3ccccc32)CCO1. The molecule has 1 aromatic carbocycles. The molecule has 4 rings (SSSR count). The predicted octanol–water partition coefficient (Wildman–Crippen LogP) is 1.03. The van der Waals surface area contributed by atoms with Gasteiger partial charge in [0.15, 0.2) is 11.9 Å². The number of aromatic nitrogens is 3. The van der Waals surface area contributed by atoms with Gasteiger partial charge in [-0.25, -0.2) is 0 Å². The van der Waals surface area contributed by atoms with Crippen molar-refractivity contribution in [3.63, 3.8) is 0 Å². The van der Waals surface area contributed by atoms with Crippen molar-refractivity contribution in [2.24, 2.45) is 7.05 Å². The summed E-state index contributed by atoms with van der Waals surface area (Å²) in [5.41, 5.74) is 2.18. The van der Waals surface area contributed by atoms with E-state index < -0.39 is 6.10 Å². The average Bonchev–Trinajstić information content (AvgIpc) is 3.07. The first-order chi connectivity index (χ1) is 11.7. The first kappa shape index (κ1) is 15.3. The van der Waals surface area contributed by atoms with Crippen LogP contribution in [0.25, 0.3) is 0 Å². The van der Waals surface area contributed by atoms with Crippen LogP contribution in [-0.2, 0) is 27.7 Å². The maximum absolute atomic E-state index is 13.0. The zero-order chi connectivity index (χ0) is 16.5. The highest BCUT2D eigenvalue weighted by molar-refractivity contribution is 5.83. The highest BCUT2D eigenvalue weighted by Crippen LogP contribution is 2.30. The molecule has 2 aliphatic heterocycles. The maximum Gasteiger partial charge on any atom is 0.256 e. The van der Waals surface area contributed by atoms with E-state index in [4.69, 9.17) is 9.47 Å². The van der Waals surface area contributed by atoms with E-state index in [1.807, 2.05) is 34.7 Å². The fourth-order valence-electron chi connectivity index (χ4n) is 3.35. The molecule has 7 nitrogen and oxygen atoms in total. The van der Waals surface area contributed by atoms with E-state index in [1.54, 1.807) is 6.33 Å². The summed E-state index contributed by atoms with van der Waals surface area (Å²) in [5.74, 6) is 0.732. The summed E-state index contributed by atoms with van der Waals surface area (Å²) in [6, 6.07) is 8.01. The first-order valence-electron chi connectivity index (χ1n) is 8.17. The van der Waals surface area contributed by atoms with E-state index in [-0.39, 0.29) is 12.0 Å². The van der Waals surface area contributed by atoms with Gasteiger partial charge in [0.2, 0.25) is 0 Å². The van der Waals surface area contributed by atoms with E-state index in [9.17, 15) is 4.79 Å². The Kier molecular flexibility index (Phi) is 4.03. The Balaban J connectivity index is 1.54. The number of carbonyl (C=O) groups excluding carboxylic acids is 1. The van der Waals surface area contributed by atoms with Gasteiger partial charge in [-0.05, 0) is 17.5 Å². The van der Waals surface area contributed by atoms with Crippen molar-refractivity contribution >= 4 is 5.91 Å². The lowest BCUT2D eigenvalue weighted by Gasteiger charge is -2.35. The Labute approximate surface area is 140 Å². The second-order valence-corrected chi connectivity index (χ2v) is 6.14. The molecule has 126 valence electrons. The number of nitrogens with zero attached hydrogens (tertiary/aromatic N) is 4. The molecular formula is C17H20N4O3. The second kappa shape index (κ2) is 6.33. The molecule has 0 bridgehead atoms. The topological polar surface area (TPSA) is 69.5 Å². The van der Waals surface area contributed by atoms with Crippen molar-refractivity contribution in [3.8, 4) is 0 Å². The van der Waals surface area contributed by atoms with E-state index in [1.165, 1.54) is 5.56 Å². The van der Waals surface area contributed by atoms with Crippen LogP contribution in [0.1, 0.15) is 29.2 Å². The normalized spacial score (nSPS) is 23.8. The van der Waals surface area contributed by atoms with E-state index in [0.717, 1.165) is 17.8 Å². The number of aryl methyl sites for hydroxylation is 1. The van der Waals surface area contributed by atoms with Crippen molar-refractivity contribution in [1.82, 2.24) is 19.7 Å². The van der Waals surface area contributed by atoms with Crippen LogP contribution in [0.5, 0.6) is 0 Å². The molecule has 2 atom stereocenters. The van der Waals surface area contributed by atoms with E-state index in [0.29, 0.717) is 26.3 Å². The fraction of sp³-hybridized carbons (Fsp3) is 0.471. The minimum atomic E-state index is -0.520. The van der Waals surface area contributed by atoms with Gasteiger partial charge in [-0.15, -0.1) is 10.2 Å². The molecule has 1 saturated heterocycles. The fourth-order valence-corrected chi connectivity index (χ4v) is 3.35. The molecule has 0 aliphatic carbocycles. The molecule has 0 spiro atoms. The molecule has 0 saturated carbocycles. The molecule has 7 heteroatoms. The van der Waals surface area contributed by atoms with Crippen molar-refractivity contribution in [2.45, 2.75) is 18.6 Å². The quantitative estimate of drug-likeness (QED) is 0.823. The van der Waals surface area contributed by atoms with Gasteiger partial charge in [0.05, 0.1) is 19.8 Å². The zero-order valence-electron chi connectivity index (χ0n) is 13.6. The number of rotatable bonds is 2. The van der Waals surface area contributed by atoms with Crippen molar-refractivity contribution < 1.29 is 14.3 Å². The number of ether oxygens (including phenoxy) is 2. The van der Waals surface area contributed by atoms with Crippen LogP contribution >= 0.6 is 0 Å². The first-order valence-corrected chi connectivity index (χ1v) is 8.17. The zero-order valence-corrected chi connectivity index (χ0v) is 13.6. The van der Waals surface area contributed by atoms with Crippen LogP contribution < -0.4 is 0 Å². The summed E-state index contributed by atoms with van der Waals surface area (Å²) in [5, 5.41) is 7.99. The number of fused-ring (bicyclic) bond motifs is 1. The number of amides is 1. The van der Waals surface area contributed by atoms with Crippen LogP contribution in [-0.4, -0.2) is 51.9 Å². The summed E-state index contributed by atoms with van der Waals surface area (Å²) in [4.78, 5) is 14.8. The third-order valence-corrected chi connectivity index (χ3v) is 4.63. The highest BCUT2D eigenvalue weighted by Gasteiger charge is 2.35. The summed E-state index contributed by atoms with van der Waals surface area (Å²) in [7, 11) is 1.87. The second-order valence-electron chi connectivity index (χ2n) is 6.14. The Morgan fingerprint density at radius 1 is 1.25 bits per heavy atom. The number of benzene rings is 1. The van der Waals surface area contributed by atoms with Crippen LogP contribution in [0.15, 0.2) is 30.6 Å². The number of morpholine rings is 1. The Morgan fingerprint density at radius 2 is 2.12 bits per heavy atom. The molecule has 1 fully saturated rings. The van der Waals surface area contributed by atoms with E-state index >= 15 is 0 Å². The molecule has 0 N–H and O–H groups in total. The molecule has 24 heavy (non-hydrogen) atoms. The summed E-state index contributed by atoms with van der Waals surface area (Å²) >= 11 is 0. The van der Waals surface area contributed by atoms with Gasteiger partial charge in [-0.1, -0.05) is 24.3 Å². The minimum absolute atomic E-state index is 0.00221. The molecule has 1 amide bonds. The summed E-state index contributed by atoms with van der Waals surface area (Å²) in [6.07, 6.45) is 1.71. The number of hydrogen-bond donors (Lipinski definition) is 0. The molecule has 0 radical (unpaired) electrons. The largest absolute Gasteiger partial charge is 0.366 e. The van der Waals surface area contributed by atoms with Crippen LogP contribution in [0.2, 0.25) is 0 Å². The molecule has 3 heterocycles.